The first-order chi connectivity index (χ1) is 34.2. The Balaban J connectivity index is 0.984. The van der Waals surface area contributed by atoms with Crippen LogP contribution in [0.5, 0.6) is 0 Å². The van der Waals surface area contributed by atoms with Gasteiger partial charge in [-0.2, -0.15) is 0 Å². The molecule has 0 aliphatic heterocycles. The van der Waals surface area contributed by atoms with Crippen LogP contribution < -0.4 is 0 Å². The monoisotopic (exact) mass is 881 g/mol. The molecule has 0 bridgehead atoms. The van der Waals surface area contributed by atoms with E-state index in [-0.39, 0.29) is 0 Å². The quantitative estimate of drug-likeness (QED) is 0.160. The molecule has 14 aromatic rings. The first-order valence-corrected chi connectivity index (χ1v) is 23.3. The molecule has 69 heavy (non-hydrogen) atoms. The number of benzene rings is 10. The molecule has 0 N–H and O–H groups in total. The Morgan fingerprint density at radius 1 is 0.290 bits per heavy atom. The zero-order chi connectivity index (χ0) is 45.4. The van der Waals surface area contributed by atoms with Crippen LogP contribution in [0.25, 0.3) is 133 Å². The molecule has 0 aliphatic carbocycles. The van der Waals surface area contributed by atoms with Crippen molar-refractivity contribution in [2.24, 2.45) is 0 Å². The maximum Gasteiger partial charge on any atom is 0.166 e. The fourth-order valence-corrected chi connectivity index (χ4v) is 10.4. The second-order valence-corrected chi connectivity index (χ2v) is 17.5. The molecule has 6 heteroatoms. The molecule has 14 rings (SSSR count). The predicted molar refractivity (Wildman–Crippen MR) is 283 cm³/mol. The Bertz CT molecular complexity index is 4230. The summed E-state index contributed by atoms with van der Waals surface area (Å²) >= 11 is 0. The lowest BCUT2D eigenvalue weighted by Gasteiger charge is -2.13. The van der Waals surface area contributed by atoms with Crippen LogP contribution in [0.1, 0.15) is 0 Å². The fraction of sp³-hybridized carbons (Fsp3) is 0. The number of para-hydroxylation sites is 5. The molecular formula is C63H39N5O. The van der Waals surface area contributed by atoms with Gasteiger partial charge in [0.25, 0.3) is 0 Å². The number of rotatable bonds is 7. The van der Waals surface area contributed by atoms with Crippen molar-refractivity contribution in [3.63, 3.8) is 0 Å². The van der Waals surface area contributed by atoms with Crippen molar-refractivity contribution in [3.8, 4) is 67.8 Å². The van der Waals surface area contributed by atoms with Crippen LogP contribution in [0.15, 0.2) is 241 Å². The van der Waals surface area contributed by atoms with Gasteiger partial charge in [0.15, 0.2) is 28.6 Å². The number of furan rings is 1. The second-order valence-electron chi connectivity index (χ2n) is 17.5. The highest BCUT2D eigenvalue weighted by Crippen LogP contribution is 2.45. The minimum Gasteiger partial charge on any atom is -0.452 e. The lowest BCUT2D eigenvalue weighted by Crippen LogP contribution is -2.02. The molecule has 4 aromatic heterocycles. The minimum atomic E-state index is 0.582. The summed E-state index contributed by atoms with van der Waals surface area (Å²) in [6.07, 6.45) is 0. The molecule has 0 fully saturated rings. The lowest BCUT2D eigenvalue weighted by atomic mass is 9.98. The maximum absolute atomic E-state index is 7.30. The van der Waals surface area contributed by atoms with Crippen LogP contribution >= 0.6 is 0 Å². The van der Waals surface area contributed by atoms with Gasteiger partial charge < -0.3 is 13.6 Å². The lowest BCUT2D eigenvalue weighted by molar-refractivity contribution is 0.668. The van der Waals surface area contributed by atoms with Crippen molar-refractivity contribution in [2.75, 3.05) is 0 Å². The number of aromatic nitrogens is 5. The van der Waals surface area contributed by atoms with E-state index < -0.39 is 0 Å². The van der Waals surface area contributed by atoms with Gasteiger partial charge in [-0.05, 0) is 70.8 Å². The van der Waals surface area contributed by atoms with E-state index in [0.717, 1.165) is 94.0 Å². The average Bonchev–Trinajstić information content (AvgIpc) is 4.10. The zero-order valence-corrected chi connectivity index (χ0v) is 37.2. The van der Waals surface area contributed by atoms with Gasteiger partial charge in [0.1, 0.15) is 0 Å². The molecule has 0 spiro atoms. The zero-order valence-electron chi connectivity index (χ0n) is 37.2. The standard InChI is InChI=1S/C63H39N5O/c1-4-17-40(18-5-1)44-21-14-22-45(39-44)41-33-35-43(36-34-41)62-64-61(42-19-6-2-7-20-42)65-63(66-62)53-29-15-27-49-50-37-38-52-51-28-16-32-56(68-54-30-12-10-25-47(54)48-26-11-13-31-55(48)68)59(51)69-60(52)58(50)67(57(49)53)46-23-8-3-9-24-46/h1-39H. The molecule has 6 nitrogen and oxygen atoms in total. The Kier molecular flexibility index (Phi) is 8.79. The van der Waals surface area contributed by atoms with Crippen LogP contribution in [-0.2, 0) is 0 Å². The van der Waals surface area contributed by atoms with E-state index in [1.54, 1.807) is 0 Å². The van der Waals surface area contributed by atoms with E-state index >= 15 is 0 Å². The SMILES string of the molecule is c1ccc(-c2cccc(-c3ccc(-c4nc(-c5ccccc5)nc(-c5cccc6c7ccc8c9cccc(-n%10c%11ccccc%11c%11ccccc%11%10)c9oc8c7n(-c7ccccc7)c56)n4)cc3)c2)cc1. The summed E-state index contributed by atoms with van der Waals surface area (Å²) in [7, 11) is 0. The predicted octanol–water partition coefficient (Wildman–Crippen LogP) is 16.3. The molecule has 322 valence electrons. The third-order valence-electron chi connectivity index (χ3n) is 13.6. The fourth-order valence-electron chi connectivity index (χ4n) is 10.4. The van der Waals surface area contributed by atoms with Crippen LogP contribution in [0.3, 0.4) is 0 Å². The minimum absolute atomic E-state index is 0.582. The molecule has 0 amide bonds. The molecule has 0 aliphatic rings. The smallest absolute Gasteiger partial charge is 0.166 e. The molecular weight excluding hydrogens is 843 g/mol. The van der Waals surface area contributed by atoms with E-state index in [1.165, 1.54) is 21.9 Å². The van der Waals surface area contributed by atoms with E-state index in [9.17, 15) is 0 Å². The van der Waals surface area contributed by atoms with Gasteiger partial charge in [-0.3, -0.25) is 0 Å². The van der Waals surface area contributed by atoms with Gasteiger partial charge in [0, 0.05) is 54.7 Å². The highest BCUT2D eigenvalue weighted by molar-refractivity contribution is 6.24. The molecule has 0 radical (unpaired) electrons. The van der Waals surface area contributed by atoms with Crippen molar-refractivity contribution in [2.45, 2.75) is 0 Å². The van der Waals surface area contributed by atoms with Gasteiger partial charge in [-0.15, -0.1) is 0 Å². The van der Waals surface area contributed by atoms with Crippen LogP contribution in [0.2, 0.25) is 0 Å². The Labute approximate surface area is 396 Å². The van der Waals surface area contributed by atoms with Crippen molar-refractivity contribution >= 4 is 65.6 Å². The number of nitrogens with zero attached hydrogens (tertiary/aromatic N) is 5. The summed E-state index contributed by atoms with van der Waals surface area (Å²) in [5, 5.41) is 6.66. The Hall–Kier alpha value is -9.39. The third kappa shape index (κ3) is 6.23. The number of hydrogen-bond donors (Lipinski definition) is 0. The van der Waals surface area contributed by atoms with Gasteiger partial charge in [0.05, 0.1) is 27.8 Å². The molecule has 0 saturated carbocycles. The Morgan fingerprint density at radius 2 is 0.754 bits per heavy atom. The van der Waals surface area contributed by atoms with Gasteiger partial charge in [-0.1, -0.05) is 188 Å². The number of fused-ring (bicyclic) bond motifs is 10. The second kappa shape index (κ2) is 15.6. The summed E-state index contributed by atoms with van der Waals surface area (Å²) in [6.45, 7) is 0. The summed E-state index contributed by atoms with van der Waals surface area (Å²) in [4.78, 5) is 15.8. The highest BCUT2D eigenvalue weighted by Gasteiger charge is 2.25. The largest absolute Gasteiger partial charge is 0.452 e. The molecule has 0 atom stereocenters. The van der Waals surface area contributed by atoms with E-state index in [4.69, 9.17) is 19.4 Å². The normalized spacial score (nSPS) is 11.8. The maximum atomic E-state index is 7.30. The molecule has 4 heterocycles. The summed E-state index contributed by atoms with van der Waals surface area (Å²) < 4.78 is 12.0. The van der Waals surface area contributed by atoms with Crippen LogP contribution in [-0.4, -0.2) is 24.1 Å². The summed E-state index contributed by atoms with van der Waals surface area (Å²) in [6, 6.07) is 83.1. The summed E-state index contributed by atoms with van der Waals surface area (Å²) in [5.41, 5.74) is 15.2. The summed E-state index contributed by atoms with van der Waals surface area (Å²) in [5.74, 6) is 1.78. The number of hydrogen-bond acceptors (Lipinski definition) is 4. The van der Waals surface area contributed by atoms with Crippen molar-refractivity contribution in [1.29, 1.82) is 0 Å². The van der Waals surface area contributed by atoms with E-state index in [0.29, 0.717) is 17.5 Å². The Morgan fingerprint density at radius 3 is 1.45 bits per heavy atom. The molecule has 0 unspecified atom stereocenters. The van der Waals surface area contributed by atoms with Crippen LogP contribution in [0.4, 0.5) is 0 Å². The highest BCUT2D eigenvalue weighted by atomic mass is 16.3. The van der Waals surface area contributed by atoms with E-state index in [2.05, 4.69) is 221 Å². The molecule has 0 saturated heterocycles. The van der Waals surface area contributed by atoms with Gasteiger partial charge >= 0.3 is 0 Å². The topological polar surface area (TPSA) is 61.7 Å². The van der Waals surface area contributed by atoms with Crippen molar-refractivity contribution < 1.29 is 4.42 Å². The van der Waals surface area contributed by atoms with Gasteiger partial charge in [-0.25, -0.2) is 15.0 Å². The first-order valence-electron chi connectivity index (χ1n) is 23.3. The first kappa shape index (κ1) is 38.8. The van der Waals surface area contributed by atoms with E-state index in [1.807, 2.05) is 24.3 Å². The average molecular weight is 882 g/mol. The molecule has 10 aromatic carbocycles. The third-order valence-corrected chi connectivity index (χ3v) is 13.6. The van der Waals surface area contributed by atoms with Crippen molar-refractivity contribution in [1.82, 2.24) is 24.1 Å². The van der Waals surface area contributed by atoms with Gasteiger partial charge in [0.2, 0.25) is 0 Å². The van der Waals surface area contributed by atoms with Crippen molar-refractivity contribution in [3.05, 3.63) is 237 Å². The van der Waals surface area contributed by atoms with Crippen LogP contribution in [0, 0.1) is 0 Å².